The molecule has 0 radical (unpaired) electrons. The molecule has 3 aromatic rings. The van der Waals surface area contributed by atoms with Gasteiger partial charge in [-0.25, -0.2) is 28.2 Å². The average Bonchev–Trinajstić information content (AvgIpc) is 3.19. The van der Waals surface area contributed by atoms with Crippen LogP contribution in [0.3, 0.4) is 0 Å². The van der Waals surface area contributed by atoms with Gasteiger partial charge in [-0.3, -0.25) is 10.2 Å². The number of anilines is 2. The molecule has 12 nitrogen and oxygen atoms in total. The Bertz CT molecular complexity index is 1430. The highest BCUT2D eigenvalue weighted by molar-refractivity contribution is 7.91. The summed E-state index contributed by atoms with van der Waals surface area (Å²) in [5, 5.41) is 14.5. The van der Waals surface area contributed by atoms with E-state index in [1.807, 2.05) is 6.92 Å². The van der Waals surface area contributed by atoms with Crippen LogP contribution in [0, 0.1) is 6.92 Å². The van der Waals surface area contributed by atoms with Gasteiger partial charge in [0.2, 0.25) is 0 Å². The highest BCUT2D eigenvalue weighted by Gasteiger charge is 2.33. The molecule has 0 saturated carbocycles. The second-order valence-corrected chi connectivity index (χ2v) is 11.6. The first-order valence-corrected chi connectivity index (χ1v) is 13.5. The standard InChI is InChI=1S/C21H24F3N7O5S2/c1-12(27-17-14-4-3-5-15(36-21(22,23)24)16(14)25-11-26-17)10-30-6-8-31(9-7-30)38(34,35)18-13(2)28-19(37-18)29-20(32)33/h3-5,11-12H,6-10H2,1-2H3,(H,28,29)(H,32,33)(H,25,26,27)/t12-/m0/s1. The molecule has 17 heteroatoms. The average molecular weight is 576 g/mol. The fraction of sp³-hybridized carbons (Fsp3) is 0.429. The van der Waals surface area contributed by atoms with E-state index < -0.39 is 28.2 Å². The van der Waals surface area contributed by atoms with E-state index in [9.17, 15) is 26.4 Å². The molecular weight excluding hydrogens is 551 g/mol. The van der Waals surface area contributed by atoms with Gasteiger partial charge in [0.1, 0.15) is 17.7 Å². The molecule has 2 aromatic heterocycles. The highest BCUT2D eigenvalue weighted by atomic mass is 32.2. The topological polar surface area (TPSA) is 150 Å². The van der Waals surface area contributed by atoms with Crippen molar-refractivity contribution in [1.29, 1.82) is 0 Å². The number of benzene rings is 1. The van der Waals surface area contributed by atoms with Gasteiger partial charge in [0.15, 0.2) is 15.1 Å². The Morgan fingerprint density at radius 3 is 2.61 bits per heavy atom. The van der Waals surface area contributed by atoms with Gasteiger partial charge in [-0.2, -0.15) is 4.31 Å². The predicted octanol–water partition coefficient (Wildman–Crippen LogP) is 3.19. The van der Waals surface area contributed by atoms with Gasteiger partial charge in [-0.05, 0) is 26.0 Å². The molecule has 38 heavy (non-hydrogen) atoms. The molecule has 1 aliphatic heterocycles. The number of aryl methyl sites for hydroxylation is 1. The summed E-state index contributed by atoms with van der Waals surface area (Å²) >= 11 is 0.766. The first-order valence-electron chi connectivity index (χ1n) is 11.3. The largest absolute Gasteiger partial charge is 0.573 e. The number of alkyl halides is 3. The van der Waals surface area contributed by atoms with E-state index in [1.54, 1.807) is 6.07 Å². The second-order valence-electron chi connectivity index (χ2n) is 8.49. The zero-order chi connectivity index (χ0) is 27.7. The lowest BCUT2D eigenvalue weighted by Crippen LogP contribution is -2.50. The van der Waals surface area contributed by atoms with Crippen LogP contribution in [-0.2, 0) is 10.0 Å². The lowest BCUT2D eigenvalue weighted by Gasteiger charge is -2.35. The number of ether oxygens (including phenoxy) is 1. The number of sulfonamides is 1. The van der Waals surface area contributed by atoms with Crippen LogP contribution in [0.25, 0.3) is 10.9 Å². The van der Waals surface area contributed by atoms with Gasteiger partial charge in [0.05, 0.1) is 5.69 Å². The minimum atomic E-state index is -4.86. The summed E-state index contributed by atoms with van der Waals surface area (Å²) in [4.78, 5) is 25.0. The molecule has 1 amide bonds. The van der Waals surface area contributed by atoms with Crippen molar-refractivity contribution in [3.63, 3.8) is 0 Å². The second kappa shape index (κ2) is 10.8. The minimum absolute atomic E-state index is 0.00533. The third-order valence-electron chi connectivity index (χ3n) is 5.64. The van der Waals surface area contributed by atoms with Crippen LogP contribution >= 0.6 is 11.3 Å². The molecule has 4 rings (SSSR count). The van der Waals surface area contributed by atoms with Crippen molar-refractivity contribution in [2.75, 3.05) is 43.4 Å². The number of hydrogen-bond donors (Lipinski definition) is 3. The number of amides is 1. The molecule has 0 aliphatic carbocycles. The van der Waals surface area contributed by atoms with Gasteiger partial charge < -0.3 is 15.2 Å². The van der Waals surface area contributed by atoms with Crippen molar-refractivity contribution >= 4 is 49.3 Å². The number of aromatic nitrogens is 3. The number of carbonyl (C=O) groups is 1. The SMILES string of the molecule is Cc1nc(NC(=O)O)sc1S(=O)(=O)N1CCN(C[C@H](C)Nc2ncnc3c(OC(F)(F)F)cccc23)CC1. The van der Waals surface area contributed by atoms with E-state index in [4.69, 9.17) is 5.11 Å². The van der Waals surface area contributed by atoms with Crippen LogP contribution in [0.4, 0.5) is 28.9 Å². The number of nitrogens with one attached hydrogen (secondary N) is 2. The molecule has 1 fully saturated rings. The van der Waals surface area contributed by atoms with E-state index in [0.717, 1.165) is 17.7 Å². The summed E-state index contributed by atoms with van der Waals surface area (Å²) in [7, 11) is -3.84. The normalized spacial score (nSPS) is 16.3. The Morgan fingerprint density at radius 2 is 1.95 bits per heavy atom. The van der Waals surface area contributed by atoms with Crippen LogP contribution < -0.4 is 15.4 Å². The van der Waals surface area contributed by atoms with Gasteiger partial charge in [0.25, 0.3) is 10.0 Å². The number of thiazole rings is 1. The van der Waals surface area contributed by atoms with E-state index >= 15 is 0 Å². The van der Waals surface area contributed by atoms with E-state index in [0.29, 0.717) is 30.8 Å². The maximum Gasteiger partial charge on any atom is 0.573 e. The van der Waals surface area contributed by atoms with E-state index in [1.165, 1.54) is 23.4 Å². The Kier molecular flexibility index (Phi) is 7.91. The summed E-state index contributed by atoms with van der Waals surface area (Å²) < 4.78 is 69.9. The first-order chi connectivity index (χ1) is 17.8. The monoisotopic (exact) mass is 575 g/mol. The van der Waals surface area contributed by atoms with E-state index in [2.05, 4.69) is 35.2 Å². The van der Waals surface area contributed by atoms with Crippen molar-refractivity contribution in [1.82, 2.24) is 24.2 Å². The first kappa shape index (κ1) is 27.7. The minimum Gasteiger partial charge on any atom is -0.465 e. The predicted molar refractivity (Wildman–Crippen MR) is 133 cm³/mol. The van der Waals surface area contributed by atoms with Crippen LogP contribution in [0.15, 0.2) is 28.7 Å². The molecule has 0 bridgehead atoms. The van der Waals surface area contributed by atoms with Crippen LogP contribution in [0.2, 0.25) is 0 Å². The maximum absolute atomic E-state index is 13.1. The molecule has 1 aliphatic rings. The Labute approximate surface area is 219 Å². The Balaban J connectivity index is 1.38. The van der Waals surface area contributed by atoms with Crippen LogP contribution in [0.5, 0.6) is 5.75 Å². The van der Waals surface area contributed by atoms with Crippen molar-refractivity contribution in [2.24, 2.45) is 0 Å². The lowest BCUT2D eigenvalue weighted by atomic mass is 10.2. The van der Waals surface area contributed by atoms with Gasteiger partial charge in [-0.15, -0.1) is 13.2 Å². The van der Waals surface area contributed by atoms with Crippen molar-refractivity contribution in [3.8, 4) is 5.75 Å². The lowest BCUT2D eigenvalue weighted by molar-refractivity contribution is -0.274. The molecule has 0 unspecified atom stereocenters. The number of halogens is 3. The van der Waals surface area contributed by atoms with Crippen LogP contribution in [0.1, 0.15) is 12.6 Å². The van der Waals surface area contributed by atoms with Gasteiger partial charge in [-0.1, -0.05) is 17.4 Å². The number of hydrogen-bond acceptors (Lipinski definition) is 10. The molecule has 1 aromatic carbocycles. The zero-order valence-electron chi connectivity index (χ0n) is 20.2. The molecule has 0 spiro atoms. The van der Waals surface area contributed by atoms with Gasteiger partial charge in [0, 0.05) is 44.2 Å². The number of para-hydroxylation sites is 1. The number of carboxylic acid groups (broad SMARTS) is 1. The fourth-order valence-corrected chi connectivity index (χ4v) is 7.05. The third kappa shape index (κ3) is 6.40. The Hall–Kier alpha value is -3.28. The summed E-state index contributed by atoms with van der Waals surface area (Å²) in [6, 6.07) is 4.02. The van der Waals surface area contributed by atoms with Crippen LogP contribution in [-0.4, -0.2) is 88.9 Å². The summed E-state index contributed by atoms with van der Waals surface area (Å²) in [6.07, 6.45) is -5.03. The molecule has 3 heterocycles. The summed E-state index contributed by atoms with van der Waals surface area (Å²) in [5.41, 5.74) is 0.244. The number of nitrogens with zero attached hydrogens (tertiary/aromatic N) is 5. The maximum atomic E-state index is 13.1. The Morgan fingerprint density at radius 1 is 1.24 bits per heavy atom. The van der Waals surface area contributed by atoms with Gasteiger partial charge >= 0.3 is 12.5 Å². The van der Waals surface area contributed by atoms with E-state index in [-0.39, 0.29) is 39.7 Å². The van der Waals surface area contributed by atoms with Crippen molar-refractivity contribution in [3.05, 3.63) is 30.2 Å². The number of rotatable bonds is 8. The smallest absolute Gasteiger partial charge is 0.465 e. The molecule has 1 atom stereocenters. The quantitative estimate of drug-likeness (QED) is 0.365. The highest BCUT2D eigenvalue weighted by Crippen LogP contribution is 2.32. The molecule has 206 valence electrons. The third-order valence-corrected chi connectivity index (χ3v) is 9.20. The molecular formula is C21H24F3N7O5S2. The summed E-state index contributed by atoms with van der Waals surface area (Å²) in [6.45, 7) is 5.24. The number of fused-ring (bicyclic) bond motifs is 1. The van der Waals surface area contributed by atoms with Crippen molar-refractivity contribution in [2.45, 2.75) is 30.5 Å². The number of piperazine rings is 1. The summed E-state index contributed by atoms with van der Waals surface area (Å²) in [5.74, 6) is -0.0738. The molecule has 1 saturated heterocycles. The fourth-order valence-electron chi connectivity index (χ4n) is 4.09. The van der Waals surface area contributed by atoms with Crippen molar-refractivity contribution < 1.29 is 36.2 Å². The zero-order valence-corrected chi connectivity index (χ0v) is 21.8. The molecule has 3 N–H and O–H groups in total.